The van der Waals surface area contributed by atoms with E-state index in [4.69, 9.17) is 16.3 Å². The van der Waals surface area contributed by atoms with Gasteiger partial charge in [0.25, 0.3) is 11.8 Å². The second-order valence-corrected chi connectivity index (χ2v) is 9.66. The third kappa shape index (κ3) is 2.06. The van der Waals surface area contributed by atoms with Crippen molar-refractivity contribution in [1.82, 2.24) is 5.43 Å². The van der Waals surface area contributed by atoms with Gasteiger partial charge in [0, 0.05) is 16.9 Å². The van der Waals surface area contributed by atoms with Crippen LogP contribution in [0.1, 0.15) is 34.1 Å². The molecule has 0 aromatic heterocycles. The molecule has 1 saturated heterocycles. The van der Waals surface area contributed by atoms with Crippen molar-refractivity contribution in [1.29, 1.82) is 0 Å². The topological polar surface area (TPSA) is 88.1 Å². The van der Waals surface area contributed by atoms with Crippen LogP contribution in [0.3, 0.4) is 0 Å². The maximum atomic E-state index is 14.6. The summed E-state index contributed by atoms with van der Waals surface area (Å²) in [5.74, 6) is -2.84. The van der Waals surface area contributed by atoms with Gasteiger partial charge in [0.2, 0.25) is 0 Å². The van der Waals surface area contributed by atoms with Crippen LogP contribution in [0, 0.1) is 5.41 Å². The van der Waals surface area contributed by atoms with E-state index in [-0.39, 0.29) is 5.71 Å². The molecule has 2 heterocycles. The number of esters is 1. The largest absolute Gasteiger partial charge is 0.464 e. The predicted octanol–water partition coefficient (Wildman–Crippen LogP) is 3.36. The summed E-state index contributed by atoms with van der Waals surface area (Å²) in [4.78, 5) is 43.4. The second kappa shape index (κ2) is 6.58. The number of hydrogen-bond donors (Lipinski definition) is 1. The summed E-state index contributed by atoms with van der Waals surface area (Å²) in [5, 5.41) is 4.85. The first-order valence-corrected chi connectivity index (χ1v) is 11.6. The highest BCUT2D eigenvalue weighted by atomic mass is 35.5. The number of nitrogens with zero attached hydrogens (tertiary/aromatic N) is 2. The van der Waals surface area contributed by atoms with Crippen molar-refractivity contribution in [3.8, 4) is 0 Å². The van der Waals surface area contributed by atoms with Gasteiger partial charge in [-0.05, 0) is 46.5 Å². The molecule has 2 aliphatic heterocycles. The van der Waals surface area contributed by atoms with Crippen LogP contribution < -0.4 is 10.3 Å². The number of hydrazone groups is 1. The monoisotopic (exact) mass is 483 g/mol. The molecule has 5 aliphatic rings. The molecule has 8 heteroatoms. The number of benzene rings is 3. The third-order valence-electron chi connectivity index (χ3n) is 7.99. The van der Waals surface area contributed by atoms with Gasteiger partial charge in [-0.2, -0.15) is 5.10 Å². The van der Waals surface area contributed by atoms with Crippen LogP contribution in [0.25, 0.3) is 0 Å². The first kappa shape index (κ1) is 20.4. The first-order chi connectivity index (χ1) is 17.0. The Balaban J connectivity index is 1.60. The summed E-state index contributed by atoms with van der Waals surface area (Å²) in [6, 6.07) is 22.1. The van der Waals surface area contributed by atoms with E-state index in [1.165, 1.54) is 12.0 Å². The number of halogens is 1. The number of hydrogen-bond acceptors (Lipinski definition) is 6. The molecule has 3 aromatic rings. The number of rotatable bonds is 2. The minimum Gasteiger partial charge on any atom is -0.464 e. The van der Waals surface area contributed by atoms with Gasteiger partial charge in [0.15, 0.2) is 11.3 Å². The number of anilines is 1. The molecule has 3 aromatic carbocycles. The SMILES string of the molecule is COC(=O)C1=NNC23C(=O)N(c4ccc(Cl)cc4)C(=O)C12C1c2ccccc2C3c2ccccc21. The van der Waals surface area contributed by atoms with Crippen molar-refractivity contribution >= 4 is 40.8 Å². The molecule has 0 saturated carbocycles. The molecule has 35 heavy (non-hydrogen) atoms. The van der Waals surface area contributed by atoms with Gasteiger partial charge in [0.1, 0.15) is 5.41 Å². The molecular formula is C27H18ClN3O4. The van der Waals surface area contributed by atoms with E-state index in [0.29, 0.717) is 10.7 Å². The van der Waals surface area contributed by atoms with Crippen LogP contribution in [-0.4, -0.2) is 36.1 Å². The maximum absolute atomic E-state index is 14.6. The van der Waals surface area contributed by atoms with Gasteiger partial charge in [-0.3, -0.25) is 15.0 Å². The Labute approximate surface area is 205 Å². The average Bonchev–Trinajstić information content (AvgIpc) is 3.36. The average molecular weight is 484 g/mol. The predicted molar refractivity (Wildman–Crippen MR) is 128 cm³/mol. The van der Waals surface area contributed by atoms with Crippen LogP contribution in [0.4, 0.5) is 5.69 Å². The van der Waals surface area contributed by atoms with Gasteiger partial charge in [-0.25, -0.2) is 9.69 Å². The van der Waals surface area contributed by atoms with Crippen molar-refractivity contribution in [3.05, 3.63) is 100 Å². The number of ether oxygens (including phenoxy) is 1. The Morgan fingerprint density at radius 1 is 0.886 bits per heavy atom. The van der Waals surface area contributed by atoms with E-state index in [1.54, 1.807) is 24.3 Å². The van der Waals surface area contributed by atoms with E-state index in [0.717, 1.165) is 22.3 Å². The van der Waals surface area contributed by atoms with E-state index in [1.807, 2.05) is 48.5 Å². The lowest BCUT2D eigenvalue weighted by Gasteiger charge is -2.55. The summed E-state index contributed by atoms with van der Waals surface area (Å²) in [7, 11) is 1.25. The minimum atomic E-state index is -1.61. The number of imide groups is 1. The highest BCUT2D eigenvalue weighted by Gasteiger charge is 2.85. The first-order valence-electron chi connectivity index (χ1n) is 11.2. The third-order valence-corrected chi connectivity index (χ3v) is 8.24. The van der Waals surface area contributed by atoms with Gasteiger partial charge in [0.05, 0.1) is 12.8 Å². The molecule has 8 rings (SSSR count). The van der Waals surface area contributed by atoms with Gasteiger partial charge >= 0.3 is 5.97 Å². The molecule has 172 valence electrons. The Hall–Kier alpha value is -3.97. The molecule has 2 bridgehead atoms. The molecule has 3 aliphatic carbocycles. The van der Waals surface area contributed by atoms with Crippen molar-refractivity contribution in [2.45, 2.75) is 17.4 Å². The van der Waals surface area contributed by atoms with Crippen LogP contribution >= 0.6 is 11.6 Å². The van der Waals surface area contributed by atoms with Gasteiger partial charge in [-0.15, -0.1) is 0 Å². The van der Waals surface area contributed by atoms with Crippen LogP contribution in [0.15, 0.2) is 77.9 Å². The Bertz CT molecular complexity index is 1470. The normalized spacial score (nSPS) is 29.1. The summed E-state index contributed by atoms with van der Waals surface area (Å²) < 4.78 is 5.10. The summed E-state index contributed by atoms with van der Waals surface area (Å²) in [6.45, 7) is 0. The van der Waals surface area contributed by atoms with Gasteiger partial charge < -0.3 is 4.74 Å². The second-order valence-electron chi connectivity index (χ2n) is 9.23. The summed E-state index contributed by atoms with van der Waals surface area (Å²) in [6.07, 6.45) is 0. The number of methoxy groups -OCH3 is 1. The summed E-state index contributed by atoms with van der Waals surface area (Å²) >= 11 is 6.09. The fourth-order valence-electron chi connectivity index (χ4n) is 6.81. The number of carbonyl (C=O) groups is 3. The lowest BCUT2D eigenvalue weighted by molar-refractivity contribution is -0.135. The molecule has 2 unspecified atom stereocenters. The van der Waals surface area contributed by atoms with Crippen molar-refractivity contribution < 1.29 is 19.1 Å². The highest BCUT2D eigenvalue weighted by Crippen LogP contribution is 2.70. The lowest BCUT2D eigenvalue weighted by Crippen LogP contribution is -2.69. The lowest BCUT2D eigenvalue weighted by atomic mass is 9.43. The maximum Gasteiger partial charge on any atom is 0.355 e. The molecule has 7 nitrogen and oxygen atoms in total. The smallest absolute Gasteiger partial charge is 0.355 e. The number of carbonyl (C=O) groups excluding carboxylic acids is 3. The zero-order valence-electron chi connectivity index (χ0n) is 18.5. The number of nitrogens with one attached hydrogen (secondary N) is 1. The quantitative estimate of drug-likeness (QED) is 0.446. The molecule has 0 radical (unpaired) electrons. The van der Waals surface area contributed by atoms with Crippen LogP contribution in [0.2, 0.25) is 5.02 Å². The van der Waals surface area contributed by atoms with Crippen molar-refractivity contribution in [3.63, 3.8) is 0 Å². The Morgan fingerprint density at radius 2 is 1.43 bits per heavy atom. The summed E-state index contributed by atoms with van der Waals surface area (Å²) in [5.41, 5.74) is 3.94. The zero-order valence-corrected chi connectivity index (χ0v) is 19.2. The van der Waals surface area contributed by atoms with Crippen molar-refractivity contribution in [2.75, 3.05) is 12.0 Å². The molecule has 0 spiro atoms. The van der Waals surface area contributed by atoms with E-state index >= 15 is 0 Å². The minimum absolute atomic E-state index is 0.0752. The Morgan fingerprint density at radius 3 is 1.97 bits per heavy atom. The molecule has 1 fully saturated rings. The standard InChI is InChI=1S/C27H18ClN3O4/c1-35-23(32)22-26-20-16-6-2-4-8-18(16)21(19-9-5-3-7-17(19)20)27(26,30-29-22)25(34)31(24(26)33)15-12-10-14(28)11-13-15/h2-13,20-21,30H,1H3. The van der Waals surface area contributed by atoms with Crippen molar-refractivity contribution in [2.24, 2.45) is 10.5 Å². The van der Waals surface area contributed by atoms with E-state index < -0.39 is 40.6 Å². The zero-order chi connectivity index (χ0) is 24.1. The van der Waals surface area contributed by atoms with Crippen LogP contribution in [-0.2, 0) is 19.1 Å². The van der Waals surface area contributed by atoms with Crippen LogP contribution in [0.5, 0.6) is 0 Å². The fraction of sp³-hybridized carbons (Fsp3) is 0.185. The number of amides is 2. The van der Waals surface area contributed by atoms with Gasteiger partial charge in [-0.1, -0.05) is 60.1 Å². The fourth-order valence-corrected chi connectivity index (χ4v) is 6.94. The Kier molecular flexibility index (Phi) is 3.83. The molecule has 2 atom stereocenters. The molecular weight excluding hydrogens is 466 g/mol. The van der Waals surface area contributed by atoms with E-state index in [9.17, 15) is 14.4 Å². The molecule has 1 N–H and O–H groups in total. The van der Waals surface area contributed by atoms with E-state index in [2.05, 4.69) is 10.5 Å². The highest BCUT2D eigenvalue weighted by molar-refractivity contribution is 6.50. The molecule has 2 amide bonds.